The van der Waals surface area contributed by atoms with Gasteiger partial charge in [-0.15, -0.1) is 0 Å². The zero-order valence-electron chi connectivity index (χ0n) is 6.61. The number of hydrogen-bond acceptors (Lipinski definition) is 3. The van der Waals surface area contributed by atoms with Crippen molar-refractivity contribution in [3.8, 4) is 0 Å². The van der Waals surface area contributed by atoms with E-state index in [4.69, 9.17) is 0 Å². The van der Waals surface area contributed by atoms with Crippen molar-refractivity contribution in [2.24, 2.45) is 0 Å². The summed E-state index contributed by atoms with van der Waals surface area (Å²) in [6.45, 7) is 0. The molecule has 0 aromatic heterocycles. The minimum atomic E-state index is -0.204. The van der Waals surface area contributed by atoms with Gasteiger partial charge in [-0.1, -0.05) is 12.1 Å². The van der Waals surface area contributed by atoms with E-state index in [0.29, 0.717) is 28.9 Å². The number of aldehydes is 2. The van der Waals surface area contributed by atoms with Crippen LogP contribution < -0.4 is 5.19 Å². The van der Waals surface area contributed by atoms with E-state index in [1.807, 2.05) is 0 Å². The van der Waals surface area contributed by atoms with Gasteiger partial charge in [0.25, 0.3) is 0 Å². The Morgan fingerprint density at radius 3 is 2.54 bits per heavy atom. The largest absolute Gasteiger partial charge is 0.298 e. The summed E-state index contributed by atoms with van der Waals surface area (Å²) in [7, 11) is -0.204. The average Bonchev–Trinajstić information content (AvgIpc) is 2.18. The van der Waals surface area contributed by atoms with Gasteiger partial charge >= 0.3 is 0 Å². The molecule has 0 aliphatic carbocycles. The molecule has 0 aliphatic rings. The first-order valence-corrected chi connectivity index (χ1v) is 4.49. The van der Waals surface area contributed by atoms with Crippen molar-refractivity contribution in [1.82, 2.24) is 0 Å². The summed E-state index contributed by atoms with van der Waals surface area (Å²) < 4.78 is 0. The standard InChI is InChI=1S/C9H5O3Si/c10-4-7-1-2-8(5-11)9(3-7)13-6-12/h1-5H. The highest BCUT2D eigenvalue weighted by Crippen LogP contribution is 1.96. The summed E-state index contributed by atoms with van der Waals surface area (Å²) in [5.41, 5.74) is 2.61. The molecule has 4 heteroatoms. The van der Waals surface area contributed by atoms with Crippen molar-refractivity contribution in [2.45, 2.75) is 0 Å². The van der Waals surface area contributed by atoms with Crippen LogP contribution in [0.1, 0.15) is 20.7 Å². The predicted molar refractivity (Wildman–Crippen MR) is 48.3 cm³/mol. The van der Waals surface area contributed by atoms with Gasteiger partial charge in [-0.25, -0.2) is 4.79 Å². The van der Waals surface area contributed by atoms with Gasteiger partial charge in [0.1, 0.15) is 12.6 Å². The maximum Gasteiger partial charge on any atom is 0.182 e. The molecule has 0 amide bonds. The van der Waals surface area contributed by atoms with Crippen molar-refractivity contribution in [3.05, 3.63) is 29.3 Å². The van der Waals surface area contributed by atoms with Crippen molar-refractivity contribution in [1.29, 1.82) is 0 Å². The van der Waals surface area contributed by atoms with Crippen LogP contribution in [0.4, 0.5) is 0 Å². The Hall–Kier alpha value is -1.64. The molecule has 0 bridgehead atoms. The normalized spacial score (nSPS) is 8.62. The fourth-order valence-electron chi connectivity index (χ4n) is 0.913. The van der Waals surface area contributed by atoms with Crippen LogP contribution in [-0.2, 0) is 4.79 Å². The minimum Gasteiger partial charge on any atom is -0.298 e. The molecular formula is C9H5O3Si. The third-order valence-corrected chi connectivity index (χ3v) is 2.33. The molecule has 3 nitrogen and oxygen atoms in total. The van der Waals surface area contributed by atoms with E-state index < -0.39 is 0 Å². The van der Waals surface area contributed by atoms with Gasteiger partial charge in [0.2, 0.25) is 0 Å². The summed E-state index contributed by atoms with van der Waals surface area (Å²) in [4.78, 5) is 31.0. The van der Waals surface area contributed by atoms with Gasteiger partial charge in [-0.2, -0.15) is 0 Å². The Labute approximate surface area is 76.8 Å². The lowest BCUT2D eigenvalue weighted by Crippen LogP contribution is -2.14. The third-order valence-electron chi connectivity index (χ3n) is 1.53. The zero-order valence-corrected chi connectivity index (χ0v) is 7.61. The van der Waals surface area contributed by atoms with Crippen LogP contribution in [0.25, 0.3) is 0 Å². The molecule has 1 rings (SSSR count). The van der Waals surface area contributed by atoms with Crippen LogP contribution >= 0.6 is 0 Å². The molecule has 0 atom stereocenters. The van der Waals surface area contributed by atoms with Crippen LogP contribution in [0, 0.1) is 0 Å². The first-order chi connectivity index (χ1) is 6.31. The van der Waals surface area contributed by atoms with Crippen LogP contribution in [0.5, 0.6) is 0 Å². The van der Waals surface area contributed by atoms with Crippen LogP contribution in [-0.4, -0.2) is 27.2 Å². The average molecular weight is 189 g/mol. The Morgan fingerprint density at radius 1 is 1.23 bits per heavy atom. The van der Waals surface area contributed by atoms with Gasteiger partial charge in [0.05, 0.1) is 5.54 Å². The fourth-order valence-corrected chi connectivity index (χ4v) is 1.55. The lowest BCUT2D eigenvalue weighted by Gasteiger charge is -1.96. The molecule has 1 aromatic carbocycles. The molecule has 0 N–H and O–H groups in total. The minimum absolute atomic E-state index is 0.204. The quantitative estimate of drug-likeness (QED) is 0.485. The molecule has 13 heavy (non-hydrogen) atoms. The van der Waals surface area contributed by atoms with Crippen molar-refractivity contribution in [2.75, 3.05) is 0 Å². The molecule has 0 unspecified atom stereocenters. The molecule has 1 radical (unpaired) electrons. The lowest BCUT2D eigenvalue weighted by molar-refractivity contribution is 0.111. The van der Waals surface area contributed by atoms with Crippen molar-refractivity contribution >= 4 is 32.4 Å². The Balaban J connectivity index is 3.32. The van der Waals surface area contributed by atoms with Crippen LogP contribution in [0.2, 0.25) is 0 Å². The van der Waals surface area contributed by atoms with Gasteiger partial charge in [0, 0.05) is 11.1 Å². The molecule has 0 saturated heterocycles. The Bertz CT molecular complexity index is 392. The second-order valence-electron chi connectivity index (χ2n) is 2.31. The third kappa shape index (κ3) is 2.15. The van der Waals surface area contributed by atoms with Gasteiger partial charge in [-0.05, 0) is 11.3 Å². The summed E-state index contributed by atoms with van der Waals surface area (Å²) in [6, 6.07) is 4.59. The predicted octanol–water partition coefficient (Wildman–Crippen LogP) is -0.292. The second-order valence-corrected chi connectivity index (χ2v) is 3.30. The smallest absolute Gasteiger partial charge is 0.182 e. The van der Waals surface area contributed by atoms with Crippen molar-refractivity contribution < 1.29 is 14.4 Å². The maximum atomic E-state index is 10.5. The molecule has 1 aromatic rings. The monoisotopic (exact) mass is 189 g/mol. The van der Waals surface area contributed by atoms with E-state index in [-0.39, 0.29) is 9.13 Å². The molecule has 0 heterocycles. The van der Waals surface area contributed by atoms with Gasteiger partial charge in [-0.3, -0.25) is 9.59 Å². The molecule has 0 saturated carbocycles. The van der Waals surface area contributed by atoms with Gasteiger partial charge in [0.15, 0.2) is 9.13 Å². The number of carbonyl (C=O) groups is 2. The first kappa shape index (κ1) is 9.44. The zero-order chi connectivity index (χ0) is 9.68. The molecule has 0 aliphatic heterocycles. The number of benzene rings is 1. The highest BCUT2D eigenvalue weighted by Gasteiger charge is 2.00. The van der Waals surface area contributed by atoms with E-state index in [1.165, 1.54) is 18.2 Å². The summed E-state index contributed by atoms with van der Waals surface area (Å²) in [5.74, 6) is 0. The molecule has 0 spiro atoms. The van der Waals surface area contributed by atoms with E-state index >= 15 is 0 Å². The van der Waals surface area contributed by atoms with Crippen LogP contribution in [0.15, 0.2) is 18.2 Å². The topological polar surface area (TPSA) is 51.2 Å². The number of hydrogen-bond donors (Lipinski definition) is 0. The van der Waals surface area contributed by atoms with E-state index in [1.54, 1.807) is 5.54 Å². The van der Waals surface area contributed by atoms with Crippen molar-refractivity contribution in [3.63, 3.8) is 0 Å². The SMILES string of the molecule is O=C=[Si]c1cc(C=O)ccc1C=O. The number of carbonyl (C=O) groups excluding carboxylic acids is 3. The second kappa shape index (κ2) is 4.40. The number of rotatable bonds is 3. The van der Waals surface area contributed by atoms with Crippen LogP contribution in [0.3, 0.4) is 0 Å². The Morgan fingerprint density at radius 2 is 2.00 bits per heavy atom. The van der Waals surface area contributed by atoms with E-state index in [9.17, 15) is 14.4 Å². The molecule has 63 valence electrons. The van der Waals surface area contributed by atoms with E-state index in [2.05, 4.69) is 0 Å². The summed E-state index contributed by atoms with van der Waals surface area (Å²) >= 11 is 0. The lowest BCUT2D eigenvalue weighted by atomic mass is 10.2. The molecule has 0 fully saturated rings. The highest BCUT2D eigenvalue weighted by atomic mass is 28.2. The van der Waals surface area contributed by atoms with E-state index in [0.717, 1.165) is 0 Å². The van der Waals surface area contributed by atoms with Gasteiger partial charge < -0.3 is 0 Å². The first-order valence-electron chi connectivity index (χ1n) is 3.49. The maximum absolute atomic E-state index is 10.5. The Kier molecular flexibility index (Phi) is 3.20. The summed E-state index contributed by atoms with van der Waals surface area (Å²) in [5, 5.41) is 0.564. The molecular weight excluding hydrogens is 184 g/mol. The fraction of sp³-hybridized carbons (Fsp3) is 0. The summed E-state index contributed by atoms with van der Waals surface area (Å²) in [6.07, 6.45) is 1.33. The highest BCUT2D eigenvalue weighted by molar-refractivity contribution is 6.59.